The Hall–Kier alpha value is -2.74. The van der Waals surface area contributed by atoms with Gasteiger partial charge in [-0.2, -0.15) is 0 Å². The molecule has 2 aliphatic heterocycles. The molecule has 0 radical (unpaired) electrons. The van der Waals surface area contributed by atoms with Crippen molar-refractivity contribution < 1.29 is 9.59 Å². The molecule has 154 valence electrons. The van der Waals surface area contributed by atoms with Crippen molar-refractivity contribution in [2.75, 3.05) is 39.8 Å². The van der Waals surface area contributed by atoms with Gasteiger partial charge in [0.2, 0.25) is 0 Å². The molecule has 0 aromatic carbocycles. The van der Waals surface area contributed by atoms with Crippen LogP contribution in [0.25, 0.3) is 0 Å². The average Bonchev–Trinajstić information content (AvgIpc) is 3.43. The molecule has 2 amide bonds. The Balaban J connectivity index is 1.48. The number of rotatable bonds is 4. The Bertz CT molecular complexity index is 870. The fourth-order valence-electron chi connectivity index (χ4n) is 4.14. The smallest absolute Gasteiger partial charge is 0.272 e. The predicted octanol–water partition coefficient (Wildman–Crippen LogP) is 1.66. The number of imidazole rings is 1. The van der Waals surface area contributed by atoms with Crippen LogP contribution >= 0.6 is 0 Å². The Morgan fingerprint density at radius 2 is 1.86 bits per heavy atom. The van der Waals surface area contributed by atoms with Crippen molar-refractivity contribution in [1.82, 2.24) is 29.2 Å². The number of aryl methyl sites for hydroxylation is 1. The minimum Gasteiger partial charge on any atom is -0.336 e. The number of aromatic nitrogens is 3. The molecule has 0 N–H and O–H groups in total. The second-order valence-corrected chi connectivity index (χ2v) is 7.79. The lowest BCUT2D eigenvalue weighted by molar-refractivity contribution is 0.0661. The molecule has 4 rings (SSSR count). The molecule has 8 heteroatoms. The van der Waals surface area contributed by atoms with Crippen LogP contribution in [0.2, 0.25) is 0 Å². The lowest BCUT2D eigenvalue weighted by Crippen LogP contribution is -2.47. The number of hydrogen-bond acceptors (Lipinski definition) is 5. The van der Waals surface area contributed by atoms with E-state index in [4.69, 9.17) is 0 Å². The number of pyridine rings is 1. The normalized spacial score (nSPS) is 20.3. The standard InChI is InChI=1S/C21H28N6O2/c1-3-25-15-22-14-19(25)21(29)27-8-4-5-18(27)17-7-6-16(13-23-17)20(28)26-11-9-24(2)10-12-26/h6-7,13-15,18H,3-5,8-12H2,1-2H3/t18-/m1/s1. The topological polar surface area (TPSA) is 74.6 Å². The number of likely N-dealkylation sites (tertiary alicyclic amines) is 1. The molecule has 8 nitrogen and oxygen atoms in total. The van der Waals surface area contributed by atoms with E-state index in [2.05, 4.69) is 21.9 Å². The first-order valence-electron chi connectivity index (χ1n) is 10.3. The highest BCUT2D eigenvalue weighted by atomic mass is 16.2. The molecule has 0 aliphatic carbocycles. The zero-order valence-electron chi connectivity index (χ0n) is 17.1. The highest BCUT2D eigenvalue weighted by molar-refractivity contribution is 5.94. The summed E-state index contributed by atoms with van der Waals surface area (Å²) in [6.07, 6.45) is 6.81. The highest BCUT2D eigenvalue weighted by Crippen LogP contribution is 2.32. The van der Waals surface area contributed by atoms with Crippen molar-refractivity contribution in [3.8, 4) is 0 Å². The van der Waals surface area contributed by atoms with Crippen molar-refractivity contribution in [2.45, 2.75) is 32.4 Å². The van der Waals surface area contributed by atoms with E-state index in [9.17, 15) is 9.59 Å². The Morgan fingerprint density at radius 1 is 1.07 bits per heavy atom. The molecule has 0 saturated carbocycles. The molecule has 2 aromatic heterocycles. The summed E-state index contributed by atoms with van der Waals surface area (Å²) in [6.45, 7) is 6.69. The minimum absolute atomic E-state index is 0.00811. The van der Waals surface area contributed by atoms with Gasteiger partial charge >= 0.3 is 0 Å². The van der Waals surface area contributed by atoms with Gasteiger partial charge < -0.3 is 19.3 Å². The largest absolute Gasteiger partial charge is 0.336 e. The summed E-state index contributed by atoms with van der Waals surface area (Å²) in [5.74, 6) is 0.0228. The van der Waals surface area contributed by atoms with Crippen LogP contribution in [0, 0.1) is 0 Å². The van der Waals surface area contributed by atoms with Gasteiger partial charge in [-0.1, -0.05) is 0 Å². The van der Waals surface area contributed by atoms with E-state index < -0.39 is 0 Å². The molecule has 0 spiro atoms. The van der Waals surface area contributed by atoms with Crippen LogP contribution in [0.5, 0.6) is 0 Å². The molecule has 4 heterocycles. The molecule has 0 unspecified atom stereocenters. The molecule has 2 aromatic rings. The molecule has 2 saturated heterocycles. The minimum atomic E-state index is -0.0597. The summed E-state index contributed by atoms with van der Waals surface area (Å²) in [5, 5.41) is 0. The number of hydrogen-bond donors (Lipinski definition) is 0. The lowest BCUT2D eigenvalue weighted by Gasteiger charge is -2.32. The van der Waals surface area contributed by atoms with Crippen LogP contribution < -0.4 is 0 Å². The van der Waals surface area contributed by atoms with Gasteiger partial charge in [-0.05, 0) is 38.9 Å². The third-order valence-electron chi connectivity index (χ3n) is 5.95. The second kappa shape index (κ2) is 8.32. The Labute approximate surface area is 171 Å². The first-order valence-corrected chi connectivity index (χ1v) is 10.3. The molecule has 2 fully saturated rings. The number of amides is 2. The van der Waals surface area contributed by atoms with Gasteiger partial charge in [0.15, 0.2) is 0 Å². The van der Waals surface area contributed by atoms with E-state index in [1.807, 2.05) is 33.4 Å². The summed E-state index contributed by atoms with van der Waals surface area (Å²) in [5.41, 5.74) is 2.06. The average molecular weight is 396 g/mol. The predicted molar refractivity (Wildman–Crippen MR) is 109 cm³/mol. The maximum atomic E-state index is 13.1. The van der Waals surface area contributed by atoms with E-state index in [0.717, 1.165) is 44.7 Å². The molecule has 1 atom stereocenters. The Kier molecular flexibility index (Phi) is 5.62. The fourth-order valence-corrected chi connectivity index (χ4v) is 4.14. The summed E-state index contributed by atoms with van der Waals surface area (Å²) < 4.78 is 1.86. The van der Waals surface area contributed by atoms with Crippen LogP contribution in [0.4, 0.5) is 0 Å². The van der Waals surface area contributed by atoms with Crippen molar-refractivity contribution in [3.63, 3.8) is 0 Å². The fraction of sp³-hybridized carbons (Fsp3) is 0.524. The first-order chi connectivity index (χ1) is 14.1. The van der Waals surface area contributed by atoms with Crippen molar-refractivity contribution in [2.24, 2.45) is 0 Å². The summed E-state index contributed by atoms with van der Waals surface area (Å²) in [7, 11) is 2.07. The maximum Gasteiger partial charge on any atom is 0.272 e. The first kappa shape index (κ1) is 19.6. The molecular formula is C21H28N6O2. The van der Waals surface area contributed by atoms with Crippen LogP contribution in [-0.2, 0) is 6.54 Å². The van der Waals surface area contributed by atoms with Crippen LogP contribution in [0.1, 0.15) is 52.3 Å². The van der Waals surface area contributed by atoms with Gasteiger partial charge in [-0.15, -0.1) is 0 Å². The van der Waals surface area contributed by atoms with Crippen LogP contribution in [0.15, 0.2) is 30.9 Å². The Morgan fingerprint density at radius 3 is 2.55 bits per heavy atom. The highest BCUT2D eigenvalue weighted by Gasteiger charge is 2.33. The van der Waals surface area contributed by atoms with Crippen molar-refractivity contribution >= 4 is 11.8 Å². The number of carbonyl (C=O) groups excluding carboxylic acids is 2. The number of carbonyl (C=O) groups is 2. The molecule has 2 aliphatic rings. The summed E-state index contributed by atoms with van der Waals surface area (Å²) >= 11 is 0. The van der Waals surface area contributed by atoms with Gasteiger partial charge in [0.1, 0.15) is 5.69 Å². The third kappa shape index (κ3) is 3.89. The van der Waals surface area contributed by atoms with Gasteiger partial charge in [0, 0.05) is 45.5 Å². The van der Waals surface area contributed by atoms with Gasteiger partial charge in [-0.25, -0.2) is 4.98 Å². The monoisotopic (exact) mass is 396 g/mol. The summed E-state index contributed by atoms with van der Waals surface area (Å²) in [4.78, 5) is 40.5. The van der Waals surface area contributed by atoms with Gasteiger partial charge in [0.05, 0.1) is 29.8 Å². The summed E-state index contributed by atoms with van der Waals surface area (Å²) in [6, 6.07) is 3.69. The quantitative estimate of drug-likeness (QED) is 0.786. The van der Waals surface area contributed by atoms with E-state index in [1.54, 1.807) is 18.7 Å². The van der Waals surface area contributed by atoms with Crippen LogP contribution in [0.3, 0.4) is 0 Å². The van der Waals surface area contributed by atoms with Gasteiger partial charge in [0.25, 0.3) is 11.8 Å². The SMILES string of the molecule is CCn1cncc1C(=O)N1CCC[C@@H]1c1ccc(C(=O)N2CCN(C)CC2)cn1. The zero-order valence-corrected chi connectivity index (χ0v) is 17.1. The molecular weight excluding hydrogens is 368 g/mol. The van der Waals surface area contributed by atoms with E-state index >= 15 is 0 Å². The molecule has 29 heavy (non-hydrogen) atoms. The molecule has 0 bridgehead atoms. The second-order valence-electron chi connectivity index (χ2n) is 7.79. The maximum absolute atomic E-state index is 13.1. The van der Waals surface area contributed by atoms with E-state index in [-0.39, 0.29) is 17.9 Å². The van der Waals surface area contributed by atoms with Crippen molar-refractivity contribution in [1.29, 1.82) is 0 Å². The van der Waals surface area contributed by atoms with E-state index in [1.165, 1.54) is 0 Å². The van der Waals surface area contributed by atoms with E-state index in [0.29, 0.717) is 24.3 Å². The van der Waals surface area contributed by atoms with Crippen LogP contribution in [-0.4, -0.2) is 80.8 Å². The number of nitrogens with zero attached hydrogens (tertiary/aromatic N) is 6. The third-order valence-corrected chi connectivity index (χ3v) is 5.95. The lowest BCUT2D eigenvalue weighted by atomic mass is 10.1. The van der Waals surface area contributed by atoms with Gasteiger partial charge in [-0.3, -0.25) is 14.6 Å². The number of likely N-dealkylation sites (N-methyl/N-ethyl adjacent to an activating group) is 1. The zero-order chi connectivity index (χ0) is 20.4. The number of piperazine rings is 1. The van der Waals surface area contributed by atoms with Crippen molar-refractivity contribution in [3.05, 3.63) is 47.8 Å².